The van der Waals surface area contributed by atoms with Crippen molar-refractivity contribution in [3.05, 3.63) is 65.0 Å². The largest absolute Gasteiger partial charge is 0.243 e. The fraction of sp³-hybridized carbons (Fsp3) is 0.333. The minimum atomic E-state index is -3.64. The van der Waals surface area contributed by atoms with Crippen molar-refractivity contribution in [2.45, 2.75) is 37.6 Å². The molecule has 1 saturated heterocycles. The third-order valence-corrected chi connectivity index (χ3v) is 6.45. The van der Waals surface area contributed by atoms with Gasteiger partial charge in [0, 0.05) is 12.1 Å². The fourth-order valence-electron chi connectivity index (χ4n) is 3.20. The zero-order valence-corrected chi connectivity index (χ0v) is 14.1. The number of halogens is 1. The number of hydrogen-bond acceptors (Lipinski definition) is 2. The molecule has 0 saturated carbocycles. The van der Waals surface area contributed by atoms with Crippen LogP contribution < -0.4 is 0 Å². The predicted molar refractivity (Wildman–Crippen MR) is 88.2 cm³/mol. The van der Waals surface area contributed by atoms with Crippen molar-refractivity contribution in [1.29, 1.82) is 0 Å². The van der Waals surface area contributed by atoms with E-state index in [-0.39, 0.29) is 5.82 Å². The highest BCUT2D eigenvalue weighted by molar-refractivity contribution is 7.89. The topological polar surface area (TPSA) is 37.4 Å². The van der Waals surface area contributed by atoms with Gasteiger partial charge in [-0.25, -0.2) is 12.8 Å². The third kappa shape index (κ3) is 2.91. The zero-order chi connectivity index (χ0) is 16.6. The minimum absolute atomic E-state index is 0.320. The van der Waals surface area contributed by atoms with Gasteiger partial charge in [0.1, 0.15) is 5.82 Å². The number of rotatable bonds is 3. The number of aryl methyl sites for hydroxylation is 2. The average Bonchev–Trinajstić information content (AvgIpc) is 3.00. The molecule has 0 spiro atoms. The molecule has 3 rings (SSSR count). The summed E-state index contributed by atoms with van der Waals surface area (Å²) < 4.78 is 41.8. The summed E-state index contributed by atoms with van der Waals surface area (Å²) in [7, 11) is -3.64. The van der Waals surface area contributed by atoms with Crippen LogP contribution in [0.2, 0.25) is 0 Å². The third-order valence-electron chi connectivity index (χ3n) is 4.40. The lowest BCUT2D eigenvalue weighted by atomic mass is 10.1. The van der Waals surface area contributed by atoms with E-state index in [9.17, 15) is 12.8 Å². The average molecular weight is 333 g/mol. The summed E-state index contributed by atoms with van der Waals surface area (Å²) in [6.45, 7) is 4.09. The maximum absolute atomic E-state index is 14.1. The zero-order valence-electron chi connectivity index (χ0n) is 13.3. The van der Waals surface area contributed by atoms with E-state index in [0.717, 1.165) is 17.5 Å². The Bertz CT molecular complexity index is 833. The van der Waals surface area contributed by atoms with Crippen molar-refractivity contribution in [3.8, 4) is 0 Å². The Morgan fingerprint density at radius 3 is 2.61 bits per heavy atom. The standard InChI is InChI=1S/C18H20FNO2S/c1-13-9-10-14(2)18(12-13)23(21,22)20-11-5-8-17(20)15-6-3-4-7-16(15)19/h3-4,6-7,9-10,12,17H,5,8,11H2,1-2H3. The molecule has 122 valence electrons. The maximum atomic E-state index is 14.1. The van der Waals surface area contributed by atoms with Crippen molar-refractivity contribution in [3.63, 3.8) is 0 Å². The Morgan fingerprint density at radius 2 is 1.87 bits per heavy atom. The van der Waals surface area contributed by atoms with Crippen LogP contribution in [0.4, 0.5) is 4.39 Å². The predicted octanol–water partition coefficient (Wildman–Crippen LogP) is 3.97. The molecule has 1 aliphatic heterocycles. The molecule has 23 heavy (non-hydrogen) atoms. The molecule has 0 N–H and O–H groups in total. The SMILES string of the molecule is Cc1ccc(C)c(S(=O)(=O)N2CCCC2c2ccccc2F)c1. The monoisotopic (exact) mass is 333 g/mol. The summed E-state index contributed by atoms with van der Waals surface area (Å²) in [5.74, 6) is -0.347. The second-order valence-electron chi connectivity index (χ2n) is 6.06. The van der Waals surface area contributed by atoms with Gasteiger partial charge in [0.05, 0.1) is 10.9 Å². The smallest absolute Gasteiger partial charge is 0.207 e. The molecule has 1 aliphatic rings. The van der Waals surface area contributed by atoms with Crippen LogP contribution in [0.5, 0.6) is 0 Å². The van der Waals surface area contributed by atoms with Crippen molar-refractivity contribution < 1.29 is 12.8 Å². The lowest BCUT2D eigenvalue weighted by molar-refractivity contribution is 0.386. The molecule has 0 aromatic heterocycles. The summed E-state index contributed by atoms with van der Waals surface area (Å²) in [6, 6.07) is 11.4. The lowest BCUT2D eigenvalue weighted by Gasteiger charge is -2.25. The Hall–Kier alpha value is -1.72. The first-order valence-electron chi connectivity index (χ1n) is 7.75. The molecule has 3 nitrogen and oxygen atoms in total. The first-order valence-corrected chi connectivity index (χ1v) is 9.19. The molecule has 0 aliphatic carbocycles. The quantitative estimate of drug-likeness (QED) is 0.852. The second-order valence-corrected chi connectivity index (χ2v) is 7.92. The number of hydrogen-bond donors (Lipinski definition) is 0. The van der Waals surface area contributed by atoms with Crippen LogP contribution in [0.1, 0.15) is 35.6 Å². The van der Waals surface area contributed by atoms with Gasteiger partial charge in [-0.15, -0.1) is 0 Å². The molecule has 5 heteroatoms. The molecule has 1 atom stereocenters. The van der Waals surface area contributed by atoms with E-state index < -0.39 is 16.1 Å². The van der Waals surface area contributed by atoms with Crippen LogP contribution in [0, 0.1) is 19.7 Å². The molecule has 2 aromatic rings. The number of sulfonamides is 1. The lowest BCUT2D eigenvalue weighted by Crippen LogP contribution is -2.31. The van der Waals surface area contributed by atoms with E-state index in [2.05, 4.69) is 0 Å². The van der Waals surface area contributed by atoms with Crippen molar-refractivity contribution in [2.24, 2.45) is 0 Å². The first-order chi connectivity index (χ1) is 10.9. The Balaban J connectivity index is 2.05. The Morgan fingerprint density at radius 1 is 1.13 bits per heavy atom. The summed E-state index contributed by atoms with van der Waals surface area (Å²) in [5, 5.41) is 0. The Kier molecular flexibility index (Phi) is 4.25. The molecule has 1 unspecified atom stereocenters. The Labute approximate surface area is 136 Å². The van der Waals surface area contributed by atoms with Gasteiger partial charge in [-0.05, 0) is 49.9 Å². The molecule has 0 radical (unpaired) electrons. The summed E-state index contributed by atoms with van der Waals surface area (Å²) >= 11 is 0. The van der Waals surface area contributed by atoms with E-state index in [1.807, 2.05) is 19.1 Å². The van der Waals surface area contributed by atoms with Gasteiger partial charge in [-0.3, -0.25) is 0 Å². The van der Waals surface area contributed by atoms with Gasteiger partial charge < -0.3 is 0 Å². The van der Waals surface area contributed by atoms with E-state index in [4.69, 9.17) is 0 Å². The molecule has 1 fully saturated rings. The van der Waals surface area contributed by atoms with Crippen LogP contribution in [-0.2, 0) is 10.0 Å². The van der Waals surface area contributed by atoms with Gasteiger partial charge in [0.15, 0.2) is 0 Å². The van der Waals surface area contributed by atoms with E-state index >= 15 is 0 Å². The minimum Gasteiger partial charge on any atom is -0.207 e. The highest BCUT2D eigenvalue weighted by Gasteiger charge is 2.37. The van der Waals surface area contributed by atoms with Crippen LogP contribution >= 0.6 is 0 Å². The van der Waals surface area contributed by atoms with Crippen molar-refractivity contribution in [2.75, 3.05) is 6.54 Å². The van der Waals surface area contributed by atoms with Gasteiger partial charge in [-0.2, -0.15) is 4.31 Å². The summed E-state index contributed by atoms with van der Waals surface area (Å²) in [4.78, 5) is 0.320. The molecule has 0 bridgehead atoms. The maximum Gasteiger partial charge on any atom is 0.243 e. The van der Waals surface area contributed by atoms with Crippen molar-refractivity contribution in [1.82, 2.24) is 4.31 Å². The van der Waals surface area contributed by atoms with Crippen LogP contribution in [0.25, 0.3) is 0 Å². The normalized spacial score (nSPS) is 19.2. The highest BCUT2D eigenvalue weighted by Crippen LogP contribution is 2.38. The highest BCUT2D eigenvalue weighted by atomic mass is 32.2. The van der Waals surface area contributed by atoms with Crippen molar-refractivity contribution >= 4 is 10.0 Å². The van der Waals surface area contributed by atoms with E-state index in [1.54, 1.807) is 31.2 Å². The number of benzene rings is 2. The molecule has 0 amide bonds. The molecular weight excluding hydrogens is 313 g/mol. The van der Waals surface area contributed by atoms with E-state index in [1.165, 1.54) is 10.4 Å². The fourth-order valence-corrected chi connectivity index (χ4v) is 5.18. The summed E-state index contributed by atoms with van der Waals surface area (Å²) in [5.41, 5.74) is 2.07. The first kappa shape index (κ1) is 16.1. The van der Waals surface area contributed by atoms with Crippen LogP contribution in [-0.4, -0.2) is 19.3 Å². The second kappa shape index (κ2) is 6.06. The van der Waals surface area contributed by atoms with Gasteiger partial charge in [-0.1, -0.05) is 30.3 Å². The van der Waals surface area contributed by atoms with Crippen LogP contribution in [0.3, 0.4) is 0 Å². The molecule has 1 heterocycles. The number of nitrogens with zero attached hydrogens (tertiary/aromatic N) is 1. The molecular formula is C18H20FNO2S. The molecule has 2 aromatic carbocycles. The van der Waals surface area contributed by atoms with Gasteiger partial charge >= 0.3 is 0 Å². The summed E-state index contributed by atoms with van der Waals surface area (Å²) in [6.07, 6.45) is 1.38. The van der Waals surface area contributed by atoms with Crippen LogP contribution in [0.15, 0.2) is 47.4 Å². The van der Waals surface area contributed by atoms with E-state index in [0.29, 0.717) is 23.4 Å². The van der Waals surface area contributed by atoms with Gasteiger partial charge in [0.25, 0.3) is 0 Å². The van der Waals surface area contributed by atoms with Gasteiger partial charge in [0.2, 0.25) is 10.0 Å².